The van der Waals surface area contributed by atoms with Crippen molar-refractivity contribution in [3.63, 3.8) is 0 Å². The van der Waals surface area contributed by atoms with E-state index in [4.69, 9.17) is 4.74 Å². The maximum Gasteiger partial charge on any atom is 0.310 e. The normalized spacial score (nSPS) is 14.7. The Morgan fingerprint density at radius 2 is 2.00 bits per heavy atom. The average Bonchev–Trinajstić information content (AvgIpc) is 3.32. The van der Waals surface area contributed by atoms with Crippen molar-refractivity contribution >= 4 is 44.8 Å². The molecule has 0 amide bonds. The summed E-state index contributed by atoms with van der Waals surface area (Å²) in [5, 5.41) is 19.1. The smallest absolute Gasteiger partial charge is 0.310 e. The minimum atomic E-state index is -0.242. The Morgan fingerprint density at radius 3 is 2.63 bits per heavy atom. The van der Waals surface area contributed by atoms with Crippen molar-refractivity contribution in [2.24, 2.45) is 17.3 Å². The zero-order valence-electron chi connectivity index (χ0n) is 16.3. The maximum absolute atomic E-state index is 12.2. The SMILES string of the molecule is CCOc1ccc(C2=NN=CC2=C(c2ccccc2)c2sc(=O)n(C)c2O)cc1Br. The molecule has 3 aromatic rings. The molecule has 0 spiro atoms. The van der Waals surface area contributed by atoms with Gasteiger partial charge in [0.25, 0.3) is 0 Å². The fraction of sp³-hybridized carbons (Fsp3) is 0.136. The lowest BCUT2D eigenvalue weighted by atomic mass is 9.93. The van der Waals surface area contributed by atoms with Crippen LogP contribution in [0.2, 0.25) is 0 Å². The quantitative estimate of drug-likeness (QED) is 0.575. The van der Waals surface area contributed by atoms with E-state index in [1.807, 2.05) is 55.5 Å². The van der Waals surface area contributed by atoms with Crippen LogP contribution in [-0.2, 0) is 7.05 Å². The third kappa shape index (κ3) is 3.64. The Hall–Kier alpha value is -2.97. The minimum absolute atomic E-state index is 0.0797. The first-order valence-electron chi connectivity index (χ1n) is 9.24. The molecule has 0 atom stereocenters. The second-order valence-corrected chi connectivity index (χ2v) is 8.32. The lowest BCUT2D eigenvalue weighted by Crippen LogP contribution is -2.07. The van der Waals surface area contributed by atoms with Crippen LogP contribution in [0.4, 0.5) is 0 Å². The Bertz CT molecular complexity index is 1260. The van der Waals surface area contributed by atoms with Crippen LogP contribution in [-0.4, -0.2) is 28.2 Å². The third-order valence-electron chi connectivity index (χ3n) is 4.65. The third-order valence-corrected chi connectivity index (χ3v) is 6.31. The van der Waals surface area contributed by atoms with Gasteiger partial charge in [0.2, 0.25) is 5.88 Å². The van der Waals surface area contributed by atoms with Crippen LogP contribution < -0.4 is 9.61 Å². The van der Waals surface area contributed by atoms with Crippen LogP contribution in [0.3, 0.4) is 0 Å². The highest BCUT2D eigenvalue weighted by atomic mass is 79.9. The maximum atomic E-state index is 12.2. The van der Waals surface area contributed by atoms with Gasteiger partial charge in [0.15, 0.2) is 0 Å². The summed E-state index contributed by atoms with van der Waals surface area (Å²) in [5.41, 5.74) is 3.79. The number of benzene rings is 2. The van der Waals surface area contributed by atoms with E-state index in [1.54, 1.807) is 13.3 Å². The number of halogens is 1. The number of hydrogen-bond acceptors (Lipinski definition) is 6. The van der Waals surface area contributed by atoms with E-state index in [9.17, 15) is 9.90 Å². The van der Waals surface area contributed by atoms with Crippen LogP contribution in [0.15, 0.2) is 73.6 Å². The summed E-state index contributed by atoms with van der Waals surface area (Å²) < 4.78 is 7.65. The molecule has 8 heteroatoms. The zero-order valence-corrected chi connectivity index (χ0v) is 18.7. The van der Waals surface area contributed by atoms with Crippen LogP contribution in [0.5, 0.6) is 11.6 Å². The molecule has 1 aliphatic rings. The molecule has 30 heavy (non-hydrogen) atoms. The molecule has 6 nitrogen and oxygen atoms in total. The molecule has 0 fully saturated rings. The van der Waals surface area contributed by atoms with Gasteiger partial charge in [0.05, 0.1) is 17.3 Å². The van der Waals surface area contributed by atoms with Crippen molar-refractivity contribution in [2.75, 3.05) is 6.61 Å². The van der Waals surface area contributed by atoms with Crippen LogP contribution in [0.25, 0.3) is 5.57 Å². The summed E-state index contributed by atoms with van der Waals surface area (Å²) in [4.78, 5) is 12.5. The molecule has 4 rings (SSSR count). The van der Waals surface area contributed by atoms with Crippen LogP contribution in [0.1, 0.15) is 22.9 Å². The predicted molar refractivity (Wildman–Crippen MR) is 124 cm³/mol. The molecule has 0 aliphatic carbocycles. The van der Waals surface area contributed by atoms with E-state index in [0.717, 1.165) is 38.3 Å². The van der Waals surface area contributed by atoms with Gasteiger partial charge in [-0.15, -0.1) is 5.10 Å². The first kappa shape index (κ1) is 20.3. The molecular weight excluding hydrogens is 466 g/mol. The fourth-order valence-electron chi connectivity index (χ4n) is 3.19. The fourth-order valence-corrected chi connectivity index (χ4v) is 4.64. The van der Waals surface area contributed by atoms with Crippen LogP contribution in [0, 0.1) is 0 Å². The van der Waals surface area contributed by atoms with Gasteiger partial charge in [0, 0.05) is 23.8 Å². The topological polar surface area (TPSA) is 76.2 Å². The molecule has 0 saturated carbocycles. The van der Waals surface area contributed by atoms with Gasteiger partial charge in [-0.2, -0.15) is 5.10 Å². The van der Waals surface area contributed by atoms with E-state index in [2.05, 4.69) is 26.1 Å². The highest BCUT2D eigenvalue weighted by Gasteiger charge is 2.25. The van der Waals surface area contributed by atoms with Gasteiger partial charge in [-0.25, -0.2) is 0 Å². The van der Waals surface area contributed by atoms with E-state index in [0.29, 0.717) is 22.8 Å². The molecule has 0 radical (unpaired) electrons. The molecule has 1 N–H and O–H groups in total. The highest BCUT2D eigenvalue weighted by Crippen LogP contribution is 2.37. The number of nitrogens with zero attached hydrogens (tertiary/aromatic N) is 3. The van der Waals surface area contributed by atoms with Gasteiger partial charge in [-0.3, -0.25) is 9.36 Å². The van der Waals surface area contributed by atoms with Gasteiger partial charge < -0.3 is 9.84 Å². The molecule has 2 heterocycles. The predicted octanol–water partition coefficient (Wildman–Crippen LogP) is 4.60. The molecule has 0 saturated heterocycles. The Labute approximate surface area is 185 Å². The number of thiazole rings is 1. The van der Waals surface area contributed by atoms with E-state index >= 15 is 0 Å². The van der Waals surface area contributed by atoms with Crippen LogP contribution >= 0.6 is 27.3 Å². The van der Waals surface area contributed by atoms with Gasteiger partial charge in [-0.1, -0.05) is 41.7 Å². The van der Waals surface area contributed by atoms with Gasteiger partial charge in [0.1, 0.15) is 16.3 Å². The lowest BCUT2D eigenvalue weighted by molar-refractivity contribution is 0.338. The monoisotopic (exact) mass is 483 g/mol. The average molecular weight is 484 g/mol. The molecule has 2 aromatic carbocycles. The first-order chi connectivity index (χ1) is 14.5. The Balaban J connectivity index is 1.92. The highest BCUT2D eigenvalue weighted by molar-refractivity contribution is 9.10. The molecule has 0 bridgehead atoms. The molecule has 0 unspecified atom stereocenters. The van der Waals surface area contributed by atoms with E-state index in [1.165, 1.54) is 4.57 Å². The Morgan fingerprint density at radius 1 is 1.23 bits per heavy atom. The second-order valence-electron chi connectivity index (χ2n) is 6.51. The largest absolute Gasteiger partial charge is 0.493 e. The Kier molecular flexibility index (Phi) is 5.69. The summed E-state index contributed by atoms with van der Waals surface area (Å²) in [5.74, 6) is 0.664. The second kappa shape index (κ2) is 8.41. The number of aromatic nitrogens is 1. The summed E-state index contributed by atoms with van der Waals surface area (Å²) in [6.07, 6.45) is 1.66. The first-order valence-corrected chi connectivity index (χ1v) is 10.8. The van der Waals surface area contributed by atoms with Gasteiger partial charge >= 0.3 is 4.87 Å². The number of ether oxygens (including phenoxy) is 1. The number of rotatable bonds is 5. The zero-order chi connectivity index (χ0) is 21.3. The summed E-state index contributed by atoms with van der Waals surface area (Å²) in [6.45, 7) is 2.50. The molecular formula is C22H18BrN3O3S. The molecule has 1 aromatic heterocycles. The number of hydrogen-bond donors (Lipinski definition) is 1. The van der Waals surface area contributed by atoms with E-state index < -0.39 is 0 Å². The van der Waals surface area contributed by atoms with Crippen molar-refractivity contribution in [3.8, 4) is 11.6 Å². The molecule has 152 valence electrons. The summed E-state index contributed by atoms with van der Waals surface area (Å²) in [6, 6.07) is 15.3. The minimum Gasteiger partial charge on any atom is -0.493 e. The van der Waals surface area contributed by atoms with Gasteiger partial charge in [-0.05, 0) is 46.6 Å². The summed E-state index contributed by atoms with van der Waals surface area (Å²) >= 11 is 4.54. The number of allylic oxidation sites excluding steroid dienone is 1. The van der Waals surface area contributed by atoms with E-state index in [-0.39, 0.29) is 10.8 Å². The van der Waals surface area contributed by atoms with Crippen molar-refractivity contribution in [3.05, 3.63) is 84.2 Å². The molecule has 1 aliphatic heterocycles. The standard InChI is InChI=1S/C22H18BrN3O3S/c1-3-29-17-10-9-14(11-16(17)23)19-15(12-24-25-19)18(13-7-5-4-6-8-13)20-21(27)26(2)22(28)30-20/h4-12,27H,3H2,1-2H3. The lowest BCUT2D eigenvalue weighted by Gasteiger charge is -2.13. The van der Waals surface area contributed by atoms with Crippen molar-refractivity contribution < 1.29 is 9.84 Å². The van der Waals surface area contributed by atoms with Crippen molar-refractivity contribution in [2.45, 2.75) is 6.92 Å². The number of aromatic hydroxyl groups is 1. The van der Waals surface area contributed by atoms with Crippen molar-refractivity contribution in [1.29, 1.82) is 0 Å². The van der Waals surface area contributed by atoms with Crippen molar-refractivity contribution in [1.82, 2.24) is 4.57 Å². The summed E-state index contributed by atoms with van der Waals surface area (Å²) in [7, 11) is 1.55.